The fourth-order valence-electron chi connectivity index (χ4n) is 2.32. The topological polar surface area (TPSA) is 43.8 Å². The van der Waals surface area contributed by atoms with Crippen molar-refractivity contribution < 1.29 is 4.39 Å². The van der Waals surface area contributed by atoms with Crippen LogP contribution >= 0.6 is 0 Å². The molecule has 106 valence electrons. The van der Waals surface area contributed by atoms with Crippen LogP contribution in [0.1, 0.15) is 11.1 Å². The van der Waals surface area contributed by atoms with Gasteiger partial charge in [0, 0.05) is 30.2 Å². The second kappa shape index (κ2) is 5.40. The van der Waals surface area contributed by atoms with Crippen molar-refractivity contribution in [3.63, 3.8) is 0 Å². The van der Waals surface area contributed by atoms with Gasteiger partial charge in [-0.05, 0) is 54.4 Å². The van der Waals surface area contributed by atoms with Crippen LogP contribution in [0.5, 0.6) is 0 Å². The molecular formula is C17H16FN3. The Kier molecular flexibility index (Phi) is 3.44. The maximum Gasteiger partial charge on any atom is 0.140 e. The van der Waals surface area contributed by atoms with Crippen LogP contribution in [0.4, 0.5) is 10.1 Å². The molecule has 0 spiro atoms. The summed E-state index contributed by atoms with van der Waals surface area (Å²) in [5.74, 6) is 0.628. The fourth-order valence-corrected chi connectivity index (χ4v) is 2.32. The van der Waals surface area contributed by atoms with Gasteiger partial charge in [-0.3, -0.25) is 0 Å². The first-order valence-corrected chi connectivity index (χ1v) is 6.75. The minimum Gasteiger partial charge on any atom is -0.399 e. The number of hydrogen-bond donors (Lipinski definition) is 1. The number of hydrogen-bond acceptors (Lipinski definition) is 2. The number of imidazole rings is 1. The lowest BCUT2D eigenvalue weighted by Crippen LogP contribution is -2.03. The van der Waals surface area contributed by atoms with Gasteiger partial charge in [-0.2, -0.15) is 0 Å². The molecule has 0 atom stereocenters. The smallest absolute Gasteiger partial charge is 0.140 e. The number of halogens is 1. The molecule has 0 aliphatic rings. The van der Waals surface area contributed by atoms with E-state index in [2.05, 4.69) is 4.98 Å². The Morgan fingerprint density at radius 1 is 1.14 bits per heavy atom. The first-order valence-electron chi connectivity index (χ1n) is 6.75. The summed E-state index contributed by atoms with van der Waals surface area (Å²) in [6.45, 7) is 2.57. The summed E-state index contributed by atoms with van der Waals surface area (Å²) >= 11 is 0. The average Bonchev–Trinajstić information content (AvgIpc) is 2.92. The zero-order valence-electron chi connectivity index (χ0n) is 11.8. The van der Waals surface area contributed by atoms with Gasteiger partial charge in [0.05, 0.1) is 0 Å². The highest BCUT2D eigenvalue weighted by atomic mass is 19.1. The van der Waals surface area contributed by atoms with Gasteiger partial charge in [0.15, 0.2) is 0 Å². The minimum absolute atomic E-state index is 0.218. The number of aromatic nitrogens is 2. The molecule has 3 rings (SSSR count). The second-order valence-corrected chi connectivity index (χ2v) is 5.07. The van der Waals surface area contributed by atoms with E-state index in [1.165, 1.54) is 6.07 Å². The van der Waals surface area contributed by atoms with E-state index in [4.69, 9.17) is 5.73 Å². The number of nitrogen functional groups attached to an aromatic ring is 1. The predicted octanol–water partition coefficient (Wildman–Crippen LogP) is 3.63. The van der Waals surface area contributed by atoms with E-state index in [1.807, 2.05) is 42.0 Å². The van der Waals surface area contributed by atoms with Crippen molar-refractivity contribution in [2.75, 3.05) is 5.73 Å². The van der Waals surface area contributed by atoms with Crippen LogP contribution in [-0.4, -0.2) is 9.55 Å². The van der Waals surface area contributed by atoms with Gasteiger partial charge in [-0.25, -0.2) is 9.37 Å². The van der Waals surface area contributed by atoms with Crippen LogP contribution in [0, 0.1) is 12.7 Å². The lowest BCUT2D eigenvalue weighted by Gasteiger charge is -2.10. The summed E-state index contributed by atoms with van der Waals surface area (Å²) in [4.78, 5) is 4.39. The van der Waals surface area contributed by atoms with E-state index in [0.717, 1.165) is 28.2 Å². The Balaban J connectivity index is 1.96. The Bertz CT molecular complexity index is 760. The van der Waals surface area contributed by atoms with Crippen LogP contribution in [0.2, 0.25) is 0 Å². The minimum atomic E-state index is -0.218. The van der Waals surface area contributed by atoms with Crippen molar-refractivity contribution in [3.05, 3.63) is 71.8 Å². The molecule has 2 N–H and O–H groups in total. The highest BCUT2D eigenvalue weighted by molar-refractivity contribution is 5.59. The molecule has 0 saturated heterocycles. The number of rotatable bonds is 3. The molecule has 4 heteroatoms. The van der Waals surface area contributed by atoms with Gasteiger partial charge < -0.3 is 10.3 Å². The van der Waals surface area contributed by atoms with Gasteiger partial charge >= 0.3 is 0 Å². The summed E-state index contributed by atoms with van der Waals surface area (Å²) < 4.78 is 15.4. The standard InChI is InChI=1S/C17H16FN3/c1-12-2-5-15(18)10-14(12)11-21-9-8-20-17(21)13-3-6-16(19)7-4-13/h2-10H,11,19H2,1H3. The highest BCUT2D eigenvalue weighted by Crippen LogP contribution is 2.21. The molecule has 0 radical (unpaired) electrons. The van der Waals surface area contributed by atoms with Crippen molar-refractivity contribution in [2.45, 2.75) is 13.5 Å². The van der Waals surface area contributed by atoms with Gasteiger partial charge in [-0.1, -0.05) is 6.07 Å². The largest absolute Gasteiger partial charge is 0.399 e. The zero-order valence-corrected chi connectivity index (χ0v) is 11.8. The SMILES string of the molecule is Cc1ccc(F)cc1Cn1ccnc1-c1ccc(N)cc1. The zero-order chi connectivity index (χ0) is 14.8. The van der Waals surface area contributed by atoms with Gasteiger partial charge in [0.1, 0.15) is 11.6 Å². The predicted molar refractivity (Wildman–Crippen MR) is 82.3 cm³/mol. The molecule has 0 bridgehead atoms. The van der Waals surface area contributed by atoms with Crippen molar-refractivity contribution >= 4 is 5.69 Å². The number of benzene rings is 2. The third-order valence-electron chi connectivity index (χ3n) is 3.54. The van der Waals surface area contributed by atoms with Crippen LogP contribution in [0.25, 0.3) is 11.4 Å². The molecule has 0 saturated carbocycles. The normalized spacial score (nSPS) is 10.8. The second-order valence-electron chi connectivity index (χ2n) is 5.07. The first kappa shape index (κ1) is 13.4. The Morgan fingerprint density at radius 3 is 2.67 bits per heavy atom. The van der Waals surface area contributed by atoms with Gasteiger partial charge in [0.25, 0.3) is 0 Å². The maximum atomic E-state index is 13.4. The molecule has 1 heterocycles. The van der Waals surface area contributed by atoms with E-state index in [9.17, 15) is 4.39 Å². The summed E-state index contributed by atoms with van der Waals surface area (Å²) in [7, 11) is 0. The summed E-state index contributed by atoms with van der Waals surface area (Å²) in [6.07, 6.45) is 3.65. The van der Waals surface area contributed by atoms with E-state index in [-0.39, 0.29) is 5.82 Å². The molecule has 21 heavy (non-hydrogen) atoms. The quantitative estimate of drug-likeness (QED) is 0.745. The van der Waals surface area contributed by atoms with E-state index in [0.29, 0.717) is 6.54 Å². The maximum absolute atomic E-state index is 13.4. The molecular weight excluding hydrogens is 265 g/mol. The summed E-state index contributed by atoms with van der Waals surface area (Å²) in [5, 5.41) is 0. The van der Waals surface area contributed by atoms with E-state index >= 15 is 0 Å². The van der Waals surface area contributed by atoms with Crippen molar-refractivity contribution in [3.8, 4) is 11.4 Å². The molecule has 2 aromatic carbocycles. The molecule has 0 aliphatic heterocycles. The number of anilines is 1. The first-order chi connectivity index (χ1) is 10.1. The lowest BCUT2D eigenvalue weighted by atomic mass is 10.1. The molecule has 3 nitrogen and oxygen atoms in total. The van der Waals surface area contributed by atoms with Crippen molar-refractivity contribution in [2.24, 2.45) is 0 Å². The van der Waals surface area contributed by atoms with Crippen LogP contribution in [0.3, 0.4) is 0 Å². The molecule has 0 unspecified atom stereocenters. The van der Waals surface area contributed by atoms with Crippen molar-refractivity contribution in [1.29, 1.82) is 0 Å². The molecule has 0 aliphatic carbocycles. The Hall–Kier alpha value is -2.62. The Labute approximate surface area is 122 Å². The van der Waals surface area contributed by atoms with E-state index < -0.39 is 0 Å². The lowest BCUT2D eigenvalue weighted by molar-refractivity contribution is 0.623. The van der Waals surface area contributed by atoms with Crippen molar-refractivity contribution in [1.82, 2.24) is 9.55 Å². The summed E-state index contributed by atoms with van der Waals surface area (Å²) in [6, 6.07) is 12.4. The fraction of sp³-hybridized carbons (Fsp3) is 0.118. The van der Waals surface area contributed by atoms with Gasteiger partial charge in [0.2, 0.25) is 0 Å². The third-order valence-corrected chi connectivity index (χ3v) is 3.54. The summed E-state index contributed by atoms with van der Waals surface area (Å²) in [5.41, 5.74) is 9.43. The van der Waals surface area contributed by atoms with Crippen LogP contribution in [0.15, 0.2) is 54.9 Å². The number of nitrogens with two attached hydrogens (primary N) is 1. The third kappa shape index (κ3) is 2.79. The molecule has 3 aromatic rings. The monoisotopic (exact) mass is 281 g/mol. The van der Waals surface area contributed by atoms with E-state index in [1.54, 1.807) is 18.3 Å². The molecule has 1 aromatic heterocycles. The molecule has 0 fully saturated rings. The average molecular weight is 281 g/mol. The number of nitrogens with zero attached hydrogens (tertiary/aromatic N) is 2. The number of aryl methyl sites for hydroxylation is 1. The Morgan fingerprint density at radius 2 is 1.90 bits per heavy atom. The molecule has 0 amide bonds. The van der Waals surface area contributed by atoms with Crippen LogP contribution < -0.4 is 5.73 Å². The highest BCUT2D eigenvalue weighted by Gasteiger charge is 2.08. The van der Waals surface area contributed by atoms with Crippen LogP contribution in [-0.2, 0) is 6.54 Å². The van der Waals surface area contributed by atoms with Gasteiger partial charge in [-0.15, -0.1) is 0 Å².